The summed E-state index contributed by atoms with van der Waals surface area (Å²) < 4.78 is 26.7. The molecule has 1 unspecified atom stereocenters. The minimum absolute atomic E-state index is 0.161. The first kappa shape index (κ1) is 15.3. The number of fused-ring (bicyclic) bond motifs is 1. The lowest BCUT2D eigenvalue weighted by molar-refractivity contribution is 0.542. The van der Waals surface area contributed by atoms with Crippen molar-refractivity contribution in [2.45, 2.75) is 26.7 Å². The van der Waals surface area contributed by atoms with Gasteiger partial charge in [-0.2, -0.15) is 0 Å². The van der Waals surface area contributed by atoms with Gasteiger partial charge in [0, 0.05) is 13.1 Å². The predicted octanol–water partition coefficient (Wildman–Crippen LogP) is 2.01. The number of rotatable bonds is 6. The Balaban J connectivity index is 2.15. The van der Waals surface area contributed by atoms with Gasteiger partial charge in [0.15, 0.2) is 0 Å². The van der Waals surface area contributed by atoms with Crippen molar-refractivity contribution >= 4 is 15.7 Å². The van der Waals surface area contributed by atoms with Crippen molar-refractivity contribution in [1.82, 2.24) is 5.32 Å². The van der Waals surface area contributed by atoms with Gasteiger partial charge in [-0.1, -0.05) is 32.0 Å². The van der Waals surface area contributed by atoms with Crippen LogP contribution in [-0.2, 0) is 16.4 Å². The van der Waals surface area contributed by atoms with Crippen LogP contribution in [0.4, 0.5) is 5.69 Å². The van der Waals surface area contributed by atoms with Crippen LogP contribution >= 0.6 is 0 Å². The molecule has 1 N–H and O–H groups in total. The van der Waals surface area contributed by atoms with Crippen molar-refractivity contribution < 1.29 is 8.42 Å². The van der Waals surface area contributed by atoms with E-state index in [2.05, 4.69) is 19.2 Å². The lowest BCUT2D eigenvalue weighted by Gasteiger charge is -2.34. The SMILES string of the molecule is CCCNCCS(=O)(=O)N1CC(C)Cc2ccccc21. The molecule has 1 aliphatic heterocycles. The molecular weight excluding hydrogens is 272 g/mol. The first-order valence-electron chi connectivity index (χ1n) is 7.33. The fourth-order valence-electron chi connectivity index (χ4n) is 2.62. The van der Waals surface area contributed by atoms with Crippen LogP contribution in [0.15, 0.2) is 24.3 Å². The van der Waals surface area contributed by atoms with E-state index in [-0.39, 0.29) is 5.75 Å². The molecular formula is C15H24N2O2S. The molecule has 0 amide bonds. The van der Waals surface area contributed by atoms with Gasteiger partial charge in [-0.05, 0) is 36.9 Å². The fourth-order valence-corrected chi connectivity index (χ4v) is 4.21. The van der Waals surface area contributed by atoms with E-state index in [0.717, 1.165) is 30.6 Å². The summed E-state index contributed by atoms with van der Waals surface area (Å²) in [5.41, 5.74) is 2.00. The molecule has 1 heterocycles. The van der Waals surface area contributed by atoms with Gasteiger partial charge in [-0.3, -0.25) is 4.31 Å². The van der Waals surface area contributed by atoms with E-state index in [1.807, 2.05) is 24.3 Å². The zero-order valence-electron chi connectivity index (χ0n) is 12.3. The van der Waals surface area contributed by atoms with Crippen LogP contribution < -0.4 is 9.62 Å². The molecule has 112 valence electrons. The molecule has 4 nitrogen and oxygen atoms in total. The van der Waals surface area contributed by atoms with Crippen molar-refractivity contribution in [3.05, 3.63) is 29.8 Å². The minimum Gasteiger partial charge on any atom is -0.316 e. The average Bonchev–Trinajstić information content (AvgIpc) is 2.42. The Kier molecular flexibility index (Phi) is 5.05. The van der Waals surface area contributed by atoms with Crippen molar-refractivity contribution in [1.29, 1.82) is 0 Å². The molecule has 1 aliphatic rings. The lowest BCUT2D eigenvalue weighted by Crippen LogP contribution is -2.42. The standard InChI is InChI=1S/C15H24N2O2S/c1-3-8-16-9-10-20(18,19)17-12-13(2)11-14-6-4-5-7-15(14)17/h4-7,13,16H,3,8-12H2,1-2H3. The number of benzene rings is 1. The number of hydrogen-bond donors (Lipinski definition) is 1. The molecule has 0 saturated heterocycles. The van der Waals surface area contributed by atoms with Gasteiger partial charge in [0.2, 0.25) is 10.0 Å². The highest BCUT2D eigenvalue weighted by Crippen LogP contribution is 2.31. The van der Waals surface area contributed by atoms with E-state index >= 15 is 0 Å². The molecule has 0 radical (unpaired) electrons. The highest BCUT2D eigenvalue weighted by atomic mass is 32.2. The summed E-state index contributed by atoms with van der Waals surface area (Å²) in [5, 5.41) is 3.16. The zero-order valence-corrected chi connectivity index (χ0v) is 13.1. The van der Waals surface area contributed by atoms with Crippen LogP contribution in [0.1, 0.15) is 25.8 Å². The third-order valence-corrected chi connectivity index (χ3v) is 5.34. The minimum atomic E-state index is -3.24. The second-order valence-electron chi connectivity index (χ2n) is 5.54. The molecule has 20 heavy (non-hydrogen) atoms. The Hall–Kier alpha value is -1.07. The number of sulfonamides is 1. The Labute approximate surface area is 122 Å². The van der Waals surface area contributed by atoms with Gasteiger partial charge in [0.1, 0.15) is 0 Å². The molecule has 0 bridgehead atoms. The van der Waals surface area contributed by atoms with E-state index in [0.29, 0.717) is 19.0 Å². The first-order valence-corrected chi connectivity index (χ1v) is 8.94. The third kappa shape index (κ3) is 3.52. The summed E-state index contributed by atoms with van der Waals surface area (Å²) in [6.45, 7) is 6.15. The first-order chi connectivity index (χ1) is 9.54. The Morgan fingerprint density at radius 1 is 1.30 bits per heavy atom. The predicted molar refractivity (Wildman–Crippen MR) is 83.6 cm³/mol. The van der Waals surface area contributed by atoms with Crippen LogP contribution in [0.25, 0.3) is 0 Å². The highest BCUT2D eigenvalue weighted by Gasteiger charge is 2.29. The fraction of sp³-hybridized carbons (Fsp3) is 0.600. The maximum atomic E-state index is 12.5. The van der Waals surface area contributed by atoms with Crippen LogP contribution in [0.5, 0.6) is 0 Å². The highest BCUT2D eigenvalue weighted by molar-refractivity contribution is 7.92. The number of nitrogens with one attached hydrogen (secondary N) is 1. The van der Waals surface area contributed by atoms with E-state index in [1.165, 1.54) is 0 Å². The lowest BCUT2D eigenvalue weighted by atomic mass is 9.96. The van der Waals surface area contributed by atoms with E-state index in [4.69, 9.17) is 0 Å². The largest absolute Gasteiger partial charge is 0.316 e. The van der Waals surface area contributed by atoms with E-state index < -0.39 is 10.0 Å². The van der Waals surface area contributed by atoms with E-state index in [1.54, 1.807) is 4.31 Å². The molecule has 0 aromatic heterocycles. The van der Waals surface area contributed by atoms with Gasteiger partial charge >= 0.3 is 0 Å². The number of nitrogens with zero attached hydrogens (tertiary/aromatic N) is 1. The molecule has 1 aromatic rings. The molecule has 5 heteroatoms. The average molecular weight is 296 g/mol. The van der Waals surface area contributed by atoms with Crippen LogP contribution in [0.2, 0.25) is 0 Å². The molecule has 0 fully saturated rings. The molecule has 1 aromatic carbocycles. The Morgan fingerprint density at radius 3 is 2.80 bits per heavy atom. The summed E-state index contributed by atoms with van der Waals surface area (Å²) >= 11 is 0. The maximum absolute atomic E-state index is 12.5. The summed E-state index contributed by atoms with van der Waals surface area (Å²) in [6, 6.07) is 7.83. The normalized spacial score (nSPS) is 18.9. The zero-order chi connectivity index (χ0) is 14.6. The third-order valence-electron chi connectivity index (χ3n) is 3.61. The summed E-state index contributed by atoms with van der Waals surface area (Å²) in [6.07, 6.45) is 1.97. The van der Waals surface area contributed by atoms with Crippen molar-refractivity contribution in [2.75, 3.05) is 29.7 Å². The van der Waals surface area contributed by atoms with Crippen molar-refractivity contribution in [3.8, 4) is 0 Å². The summed E-state index contributed by atoms with van der Waals surface area (Å²) in [5.74, 6) is 0.525. The van der Waals surface area contributed by atoms with Gasteiger partial charge < -0.3 is 5.32 Å². The summed E-state index contributed by atoms with van der Waals surface area (Å²) in [7, 11) is -3.24. The van der Waals surface area contributed by atoms with Gasteiger partial charge in [-0.15, -0.1) is 0 Å². The molecule has 0 aliphatic carbocycles. The van der Waals surface area contributed by atoms with Crippen LogP contribution in [-0.4, -0.2) is 33.8 Å². The van der Waals surface area contributed by atoms with Crippen molar-refractivity contribution in [2.24, 2.45) is 5.92 Å². The smallest absolute Gasteiger partial charge is 0.236 e. The van der Waals surface area contributed by atoms with Crippen molar-refractivity contribution in [3.63, 3.8) is 0 Å². The van der Waals surface area contributed by atoms with Crippen LogP contribution in [0.3, 0.4) is 0 Å². The molecule has 0 saturated carbocycles. The number of hydrogen-bond acceptors (Lipinski definition) is 3. The second-order valence-corrected chi connectivity index (χ2v) is 7.55. The second kappa shape index (κ2) is 6.59. The quantitative estimate of drug-likeness (QED) is 0.817. The van der Waals surface area contributed by atoms with E-state index in [9.17, 15) is 8.42 Å². The maximum Gasteiger partial charge on any atom is 0.236 e. The molecule has 2 rings (SSSR count). The number of anilines is 1. The Morgan fingerprint density at radius 2 is 2.05 bits per heavy atom. The van der Waals surface area contributed by atoms with Gasteiger partial charge in [0.05, 0.1) is 11.4 Å². The van der Waals surface area contributed by atoms with Gasteiger partial charge in [0.25, 0.3) is 0 Å². The molecule has 0 spiro atoms. The topological polar surface area (TPSA) is 49.4 Å². The molecule has 1 atom stereocenters. The summed E-state index contributed by atoms with van der Waals surface area (Å²) in [4.78, 5) is 0. The Bertz CT molecular complexity index is 543. The van der Waals surface area contributed by atoms with Crippen LogP contribution in [0, 0.1) is 5.92 Å². The van der Waals surface area contributed by atoms with Gasteiger partial charge in [-0.25, -0.2) is 8.42 Å². The number of para-hydroxylation sites is 1. The monoisotopic (exact) mass is 296 g/mol.